The molecule has 2 heterocycles. The molecule has 0 aliphatic carbocycles. The van der Waals surface area contributed by atoms with Crippen LogP contribution in [-0.2, 0) is 11.2 Å². The predicted octanol–water partition coefficient (Wildman–Crippen LogP) is 0.618. The highest BCUT2D eigenvalue weighted by Gasteiger charge is 2.25. The van der Waals surface area contributed by atoms with Crippen molar-refractivity contribution in [1.82, 2.24) is 20.1 Å². The second-order valence-corrected chi connectivity index (χ2v) is 4.19. The highest BCUT2D eigenvalue weighted by Crippen LogP contribution is 2.14. The average molecular weight is 238 g/mol. The van der Waals surface area contributed by atoms with E-state index in [1.54, 1.807) is 12.0 Å². The van der Waals surface area contributed by atoms with Crippen LogP contribution in [0.3, 0.4) is 0 Å². The topological polar surface area (TPSA) is 71.1 Å². The largest absolute Gasteiger partial charge is 0.381 e. The number of aryl methyl sites for hydroxylation is 1. The molecule has 2 rings (SSSR count). The fourth-order valence-corrected chi connectivity index (χ4v) is 1.99. The average Bonchev–Trinajstić information content (AvgIpc) is 2.87. The molecular formula is C11H18N4O2. The Kier molecular flexibility index (Phi) is 3.73. The van der Waals surface area contributed by atoms with E-state index in [1.807, 2.05) is 6.92 Å². The number of rotatable bonds is 3. The van der Waals surface area contributed by atoms with Crippen LogP contribution in [0, 0.1) is 0 Å². The third-order valence-corrected chi connectivity index (χ3v) is 3.12. The van der Waals surface area contributed by atoms with Crippen molar-refractivity contribution in [2.75, 3.05) is 20.2 Å². The number of likely N-dealkylation sites (tertiary alicyclic amines) is 1. The predicted molar refractivity (Wildman–Crippen MR) is 61.7 cm³/mol. The summed E-state index contributed by atoms with van der Waals surface area (Å²) in [6.45, 7) is 3.40. The molecule has 1 aliphatic rings. The van der Waals surface area contributed by atoms with Crippen LogP contribution < -0.4 is 0 Å². The summed E-state index contributed by atoms with van der Waals surface area (Å²) >= 11 is 0. The zero-order chi connectivity index (χ0) is 12.3. The van der Waals surface area contributed by atoms with Gasteiger partial charge in [-0.2, -0.15) is 0 Å². The monoisotopic (exact) mass is 238 g/mol. The smallest absolute Gasteiger partial charge is 0.293 e. The lowest BCUT2D eigenvalue weighted by Gasteiger charge is -2.30. The Morgan fingerprint density at radius 3 is 2.76 bits per heavy atom. The molecule has 94 valence electrons. The zero-order valence-electron chi connectivity index (χ0n) is 10.3. The van der Waals surface area contributed by atoms with Gasteiger partial charge in [-0.25, -0.2) is 4.98 Å². The molecule has 1 fully saturated rings. The number of carbonyl (C=O) groups is 1. The van der Waals surface area contributed by atoms with Crippen molar-refractivity contribution in [2.45, 2.75) is 32.3 Å². The van der Waals surface area contributed by atoms with Crippen LogP contribution in [0.4, 0.5) is 0 Å². The van der Waals surface area contributed by atoms with Crippen molar-refractivity contribution in [3.8, 4) is 0 Å². The van der Waals surface area contributed by atoms with Gasteiger partial charge in [0.25, 0.3) is 5.91 Å². The van der Waals surface area contributed by atoms with Crippen LogP contribution in [0.15, 0.2) is 0 Å². The van der Waals surface area contributed by atoms with E-state index in [0.29, 0.717) is 13.1 Å². The summed E-state index contributed by atoms with van der Waals surface area (Å²) in [5, 5.41) is 6.70. The lowest BCUT2D eigenvalue weighted by molar-refractivity contribution is 0.0344. The number of hydrogen-bond acceptors (Lipinski definition) is 4. The number of piperidine rings is 1. The van der Waals surface area contributed by atoms with Gasteiger partial charge in [-0.1, -0.05) is 6.92 Å². The van der Waals surface area contributed by atoms with Crippen molar-refractivity contribution in [3.63, 3.8) is 0 Å². The van der Waals surface area contributed by atoms with Crippen LogP contribution >= 0.6 is 0 Å². The van der Waals surface area contributed by atoms with E-state index in [-0.39, 0.29) is 17.8 Å². The standard InChI is InChI=1S/C11H18N4O2/c1-3-9-12-10(14-13-9)11(16)15-6-4-8(17-2)5-7-15/h8H,3-7H2,1-2H3,(H,12,13,14). The molecule has 0 spiro atoms. The molecule has 1 aromatic rings. The lowest BCUT2D eigenvalue weighted by atomic mass is 10.1. The van der Waals surface area contributed by atoms with Crippen molar-refractivity contribution in [1.29, 1.82) is 0 Å². The quantitative estimate of drug-likeness (QED) is 0.838. The van der Waals surface area contributed by atoms with Crippen LogP contribution in [0.5, 0.6) is 0 Å². The van der Waals surface area contributed by atoms with E-state index in [2.05, 4.69) is 15.2 Å². The van der Waals surface area contributed by atoms with Gasteiger partial charge in [0, 0.05) is 26.6 Å². The molecule has 1 aromatic heterocycles. The third kappa shape index (κ3) is 2.63. The van der Waals surface area contributed by atoms with Crippen molar-refractivity contribution < 1.29 is 9.53 Å². The normalized spacial score (nSPS) is 17.4. The number of hydrogen-bond donors (Lipinski definition) is 1. The molecule has 1 amide bonds. The number of H-pyrrole nitrogens is 1. The number of amides is 1. The summed E-state index contributed by atoms with van der Waals surface area (Å²) < 4.78 is 5.27. The van der Waals surface area contributed by atoms with Gasteiger partial charge in [-0.05, 0) is 12.8 Å². The Labute approximate surface area is 100 Å². The van der Waals surface area contributed by atoms with Gasteiger partial charge in [-0.15, -0.1) is 5.10 Å². The molecule has 1 saturated heterocycles. The maximum absolute atomic E-state index is 12.1. The zero-order valence-corrected chi connectivity index (χ0v) is 10.3. The second-order valence-electron chi connectivity index (χ2n) is 4.19. The Bertz CT molecular complexity index is 383. The Morgan fingerprint density at radius 2 is 2.24 bits per heavy atom. The summed E-state index contributed by atoms with van der Waals surface area (Å²) in [6, 6.07) is 0. The van der Waals surface area contributed by atoms with Crippen LogP contribution in [0.25, 0.3) is 0 Å². The SMILES string of the molecule is CCc1nc(C(=O)N2CCC(OC)CC2)n[nH]1. The van der Waals surface area contributed by atoms with E-state index in [9.17, 15) is 4.79 Å². The van der Waals surface area contributed by atoms with Gasteiger partial charge in [0.05, 0.1) is 6.10 Å². The van der Waals surface area contributed by atoms with Crippen LogP contribution in [0.1, 0.15) is 36.2 Å². The number of nitrogens with zero attached hydrogens (tertiary/aromatic N) is 3. The molecule has 0 atom stereocenters. The first-order valence-corrected chi connectivity index (χ1v) is 5.98. The molecule has 6 heteroatoms. The molecule has 0 bridgehead atoms. The van der Waals surface area contributed by atoms with E-state index in [0.717, 1.165) is 25.1 Å². The third-order valence-electron chi connectivity index (χ3n) is 3.12. The first kappa shape index (κ1) is 12.0. The van der Waals surface area contributed by atoms with E-state index >= 15 is 0 Å². The molecule has 1 aliphatic heterocycles. The van der Waals surface area contributed by atoms with Gasteiger partial charge >= 0.3 is 0 Å². The number of aromatic nitrogens is 3. The number of carbonyl (C=O) groups excluding carboxylic acids is 1. The summed E-state index contributed by atoms with van der Waals surface area (Å²) in [5.41, 5.74) is 0. The van der Waals surface area contributed by atoms with Crippen LogP contribution in [-0.4, -0.2) is 52.3 Å². The number of ether oxygens (including phenoxy) is 1. The van der Waals surface area contributed by atoms with Gasteiger partial charge in [0.2, 0.25) is 5.82 Å². The van der Waals surface area contributed by atoms with Gasteiger partial charge in [0.1, 0.15) is 5.82 Å². The Hall–Kier alpha value is -1.43. The highest BCUT2D eigenvalue weighted by molar-refractivity contribution is 5.90. The Morgan fingerprint density at radius 1 is 1.53 bits per heavy atom. The van der Waals surface area contributed by atoms with E-state index in [4.69, 9.17) is 4.74 Å². The van der Waals surface area contributed by atoms with Crippen molar-refractivity contribution in [3.05, 3.63) is 11.6 Å². The molecule has 0 aromatic carbocycles. The summed E-state index contributed by atoms with van der Waals surface area (Å²) in [5.74, 6) is 0.938. The lowest BCUT2D eigenvalue weighted by Crippen LogP contribution is -2.41. The minimum atomic E-state index is -0.0875. The summed E-state index contributed by atoms with van der Waals surface area (Å²) in [6.07, 6.45) is 2.80. The minimum Gasteiger partial charge on any atom is -0.381 e. The Balaban J connectivity index is 1.96. The summed E-state index contributed by atoms with van der Waals surface area (Å²) in [4.78, 5) is 18.0. The van der Waals surface area contributed by atoms with Gasteiger partial charge < -0.3 is 9.64 Å². The first-order valence-electron chi connectivity index (χ1n) is 5.98. The minimum absolute atomic E-state index is 0.0875. The number of nitrogens with one attached hydrogen (secondary N) is 1. The van der Waals surface area contributed by atoms with Crippen LogP contribution in [0.2, 0.25) is 0 Å². The van der Waals surface area contributed by atoms with E-state index < -0.39 is 0 Å². The molecular weight excluding hydrogens is 220 g/mol. The fourth-order valence-electron chi connectivity index (χ4n) is 1.99. The van der Waals surface area contributed by atoms with Crippen molar-refractivity contribution in [2.24, 2.45) is 0 Å². The number of aromatic amines is 1. The van der Waals surface area contributed by atoms with Crippen molar-refractivity contribution >= 4 is 5.91 Å². The fraction of sp³-hybridized carbons (Fsp3) is 0.727. The number of methoxy groups -OCH3 is 1. The highest BCUT2D eigenvalue weighted by atomic mass is 16.5. The van der Waals surface area contributed by atoms with Gasteiger partial charge in [0.15, 0.2) is 0 Å². The maximum Gasteiger partial charge on any atom is 0.293 e. The molecule has 0 unspecified atom stereocenters. The maximum atomic E-state index is 12.1. The second kappa shape index (κ2) is 5.27. The van der Waals surface area contributed by atoms with E-state index in [1.165, 1.54) is 0 Å². The summed E-state index contributed by atoms with van der Waals surface area (Å²) in [7, 11) is 1.71. The van der Waals surface area contributed by atoms with Gasteiger partial charge in [-0.3, -0.25) is 9.89 Å². The molecule has 0 saturated carbocycles. The molecule has 1 N–H and O–H groups in total. The molecule has 17 heavy (non-hydrogen) atoms. The molecule has 0 radical (unpaired) electrons. The molecule has 6 nitrogen and oxygen atoms in total. The first-order chi connectivity index (χ1) is 8.24.